The summed E-state index contributed by atoms with van der Waals surface area (Å²) in [7, 11) is 1.50. The highest BCUT2D eigenvalue weighted by molar-refractivity contribution is 5.88. The predicted molar refractivity (Wildman–Crippen MR) is 66.3 cm³/mol. The molecule has 3 heteroatoms. The highest BCUT2D eigenvalue weighted by Crippen LogP contribution is 2.24. The molecule has 0 amide bonds. The summed E-state index contributed by atoms with van der Waals surface area (Å²) in [5, 5.41) is 2.12. The molecule has 2 aromatic carbocycles. The Balaban J connectivity index is 2.16. The maximum atomic E-state index is 11.3. The van der Waals surface area contributed by atoms with Gasteiger partial charge < -0.3 is 9.47 Å². The molecule has 0 aliphatic carbocycles. The summed E-state index contributed by atoms with van der Waals surface area (Å²) in [6, 6.07) is 13.7. The van der Waals surface area contributed by atoms with Gasteiger partial charge in [0.15, 0.2) is 5.78 Å². The number of ether oxygens (including phenoxy) is 2. The van der Waals surface area contributed by atoms with E-state index in [-0.39, 0.29) is 19.0 Å². The molecule has 2 rings (SSSR count). The number of carbonyl (C=O) groups is 1. The second kappa shape index (κ2) is 5.46. The number of benzene rings is 2. The van der Waals surface area contributed by atoms with E-state index in [1.807, 2.05) is 42.5 Å². The monoisotopic (exact) mass is 230 g/mol. The van der Waals surface area contributed by atoms with Crippen LogP contribution in [0.1, 0.15) is 0 Å². The maximum Gasteiger partial charge on any atom is 0.195 e. The van der Waals surface area contributed by atoms with E-state index < -0.39 is 0 Å². The number of rotatable bonds is 5. The minimum atomic E-state index is -0.0690. The van der Waals surface area contributed by atoms with Crippen LogP contribution >= 0.6 is 0 Å². The van der Waals surface area contributed by atoms with Crippen LogP contribution in [0.25, 0.3) is 10.8 Å². The number of ketones is 1. The van der Waals surface area contributed by atoms with Crippen molar-refractivity contribution in [3.8, 4) is 5.75 Å². The van der Waals surface area contributed by atoms with Gasteiger partial charge in [0.2, 0.25) is 0 Å². The average Bonchev–Trinajstić information content (AvgIpc) is 2.36. The average molecular weight is 230 g/mol. The van der Waals surface area contributed by atoms with Gasteiger partial charge in [-0.05, 0) is 11.5 Å². The lowest BCUT2D eigenvalue weighted by atomic mass is 10.1. The Kier molecular flexibility index (Phi) is 3.73. The van der Waals surface area contributed by atoms with E-state index in [1.54, 1.807) is 0 Å². The van der Waals surface area contributed by atoms with E-state index in [4.69, 9.17) is 9.47 Å². The molecule has 0 atom stereocenters. The third-order valence-corrected chi connectivity index (χ3v) is 2.44. The molecule has 0 saturated heterocycles. The van der Waals surface area contributed by atoms with Crippen molar-refractivity contribution in [1.82, 2.24) is 0 Å². The first kappa shape index (κ1) is 11.6. The second-order valence-electron chi connectivity index (χ2n) is 3.74. The molecule has 0 aromatic heterocycles. The van der Waals surface area contributed by atoms with Crippen molar-refractivity contribution in [3.63, 3.8) is 0 Å². The molecule has 3 nitrogen and oxygen atoms in total. The van der Waals surface area contributed by atoms with Crippen molar-refractivity contribution in [1.29, 1.82) is 0 Å². The van der Waals surface area contributed by atoms with Gasteiger partial charge in [0, 0.05) is 12.5 Å². The molecule has 0 N–H and O–H groups in total. The standard InChI is InChI=1S/C14H14O3/c1-16-9-12(15)10-17-14-8-4-6-11-5-2-3-7-13(11)14/h2-8H,9-10H2,1H3. The molecule has 0 radical (unpaired) electrons. The first-order valence-corrected chi connectivity index (χ1v) is 5.42. The van der Waals surface area contributed by atoms with Crippen LogP contribution < -0.4 is 4.74 Å². The van der Waals surface area contributed by atoms with E-state index in [9.17, 15) is 4.79 Å². The van der Waals surface area contributed by atoms with Crippen molar-refractivity contribution in [2.75, 3.05) is 20.3 Å². The summed E-state index contributed by atoms with van der Waals surface area (Å²) in [6.45, 7) is 0.132. The Labute approximate surface area is 100.0 Å². The van der Waals surface area contributed by atoms with Gasteiger partial charge in [0.1, 0.15) is 19.0 Å². The van der Waals surface area contributed by atoms with Gasteiger partial charge in [-0.1, -0.05) is 36.4 Å². The van der Waals surface area contributed by atoms with E-state index >= 15 is 0 Å². The van der Waals surface area contributed by atoms with Crippen molar-refractivity contribution >= 4 is 16.6 Å². The molecule has 0 fully saturated rings. The lowest BCUT2D eigenvalue weighted by molar-refractivity contribution is -0.124. The SMILES string of the molecule is COCC(=O)COc1cccc2ccccc12. The van der Waals surface area contributed by atoms with E-state index in [0.29, 0.717) is 0 Å². The lowest BCUT2D eigenvalue weighted by Crippen LogP contribution is -2.16. The van der Waals surface area contributed by atoms with Gasteiger partial charge in [-0.2, -0.15) is 0 Å². The number of fused-ring (bicyclic) bond motifs is 1. The number of carbonyl (C=O) groups excluding carboxylic acids is 1. The fourth-order valence-electron chi connectivity index (χ4n) is 1.68. The fraction of sp³-hybridized carbons (Fsp3) is 0.214. The van der Waals surface area contributed by atoms with Crippen LogP contribution in [-0.4, -0.2) is 26.1 Å². The van der Waals surface area contributed by atoms with Crippen LogP contribution in [-0.2, 0) is 9.53 Å². The van der Waals surface area contributed by atoms with Crippen molar-refractivity contribution in [2.24, 2.45) is 0 Å². The molecule has 0 heterocycles. The largest absolute Gasteiger partial charge is 0.485 e. The number of hydrogen-bond donors (Lipinski definition) is 0. The third-order valence-electron chi connectivity index (χ3n) is 2.44. The Morgan fingerprint density at radius 1 is 1.06 bits per heavy atom. The van der Waals surface area contributed by atoms with Crippen LogP contribution in [0.3, 0.4) is 0 Å². The fourth-order valence-corrected chi connectivity index (χ4v) is 1.68. The maximum absolute atomic E-state index is 11.3. The van der Waals surface area contributed by atoms with Gasteiger partial charge in [-0.25, -0.2) is 0 Å². The molecule has 0 unspecified atom stereocenters. The quantitative estimate of drug-likeness (QED) is 0.791. The molecule has 2 aromatic rings. The first-order valence-electron chi connectivity index (χ1n) is 5.42. The van der Waals surface area contributed by atoms with Gasteiger partial charge in [0.05, 0.1) is 0 Å². The van der Waals surface area contributed by atoms with Gasteiger partial charge >= 0.3 is 0 Å². The molecule has 0 aliphatic heterocycles. The summed E-state index contributed by atoms with van der Waals surface area (Å²) < 4.78 is 10.3. The Hall–Kier alpha value is -1.87. The van der Waals surface area contributed by atoms with Gasteiger partial charge in [-0.3, -0.25) is 4.79 Å². The number of hydrogen-bond acceptors (Lipinski definition) is 3. The number of methoxy groups -OCH3 is 1. The number of Topliss-reactive ketones (excluding diaryl/α,β-unsaturated/α-hetero) is 1. The Morgan fingerprint density at radius 2 is 1.82 bits per heavy atom. The highest BCUT2D eigenvalue weighted by Gasteiger charge is 2.05. The van der Waals surface area contributed by atoms with Crippen LogP contribution in [0.4, 0.5) is 0 Å². The van der Waals surface area contributed by atoms with E-state index in [1.165, 1.54) is 7.11 Å². The topological polar surface area (TPSA) is 35.5 Å². The van der Waals surface area contributed by atoms with Crippen molar-refractivity contribution in [3.05, 3.63) is 42.5 Å². The van der Waals surface area contributed by atoms with Crippen molar-refractivity contribution in [2.45, 2.75) is 0 Å². The molecule has 17 heavy (non-hydrogen) atoms. The van der Waals surface area contributed by atoms with Gasteiger partial charge in [0.25, 0.3) is 0 Å². The normalized spacial score (nSPS) is 10.4. The summed E-state index contributed by atoms with van der Waals surface area (Å²) in [4.78, 5) is 11.3. The lowest BCUT2D eigenvalue weighted by Gasteiger charge is -2.08. The molecule has 0 spiro atoms. The van der Waals surface area contributed by atoms with Crippen LogP contribution in [0.15, 0.2) is 42.5 Å². The molecule has 88 valence electrons. The van der Waals surface area contributed by atoms with Crippen LogP contribution in [0.2, 0.25) is 0 Å². The van der Waals surface area contributed by atoms with Crippen LogP contribution in [0, 0.1) is 0 Å². The zero-order valence-corrected chi connectivity index (χ0v) is 9.68. The first-order chi connectivity index (χ1) is 8.31. The summed E-state index contributed by atoms with van der Waals surface area (Å²) >= 11 is 0. The van der Waals surface area contributed by atoms with Gasteiger partial charge in [-0.15, -0.1) is 0 Å². The Bertz CT molecular complexity index is 514. The zero-order valence-electron chi connectivity index (χ0n) is 9.68. The smallest absolute Gasteiger partial charge is 0.195 e. The van der Waals surface area contributed by atoms with Crippen molar-refractivity contribution < 1.29 is 14.3 Å². The summed E-state index contributed by atoms with van der Waals surface area (Å²) in [6.07, 6.45) is 0. The summed E-state index contributed by atoms with van der Waals surface area (Å²) in [5.74, 6) is 0.660. The predicted octanol–water partition coefficient (Wildman–Crippen LogP) is 2.43. The van der Waals surface area contributed by atoms with E-state index in [0.717, 1.165) is 16.5 Å². The highest BCUT2D eigenvalue weighted by atomic mass is 16.5. The third kappa shape index (κ3) is 2.82. The molecular formula is C14H14O3. The molecular weight excluding hydrogens is 216 g/mol. The molecule has 0 bridgehead atoms. The molecule has 0 aliphatic rings. The molecule has 0 saturated carbocycles. The van der Waals surface area contributed by atoms with Crippen LogP contribution in [0.5, 0.6) is 5.75 Å². The zero-order chi connectivity index (χ0) is 12.1. The minimum Gasteiger partial charge on any atom is -0.485 e. The minimum absolute atomic E-state index is 0.0435. The Morgan fingerprint density at radius 3 is 2.65 bits per heavy atom. The summed E-state index contributed by atoms with van der Waals surface area (Å²) in [5.41, 5.74) is 0. The van der Waals surface area contributed by atoms with E-state index in [2.05, 4.69) is 0 Å². The second-order valence-corrected chi connectivity index (χ2v) is 3.74.